The van der Waals surface area contributed by atoms with Gasteiger partial charge in [-0.25, -0.2) is 0 Å². The number of rotatable bonds is 2. The number of pyridine rings is 1. The van der Waals surface area contributed by atoms with Crippen molar-refractivity contribution in [2.75, 3.05) is 0 Å². The molecule has 1 aliphatic heterocycles. The van der Waals surface area contributed by atoms with E-state index in [-0.39, 0.29) is 18.0 Å². The zero-order valence-electron chi connectivity index (χ0n) is 10.4. The summed E-state index contributed by atoms with van der Waals surface area (Å²) < 4.78 is 1.82. The molecule has 1 aromatic rings. The van der Waals surface area contributed by atoms with E-state index in [2.05, 4.69) is 36.8 Å². The molecule has 6 heteroatoms. The van der Waals surface area contributed by atoms with Crippen molar-refractivity contribution < 1.29 is 4.79 Å². The van der Waals surface area contributed by atoms with E-state index in [1.54, 1.807) is 6.20 Å². The van der Waals surface area contributed by atoms with Crippen molar-refractivity contribution in [2.24, 2.45) is 5.73 Å². The van der Waals surface area contributed by atoms with Crippen molar-refractivity contribution in [3.63, 3.8) is 0 Å². The molecule has 1 aromatic heterocycles. The summed E-state index contributed by atoms with van der Waals surface area (Å²) >= 11 is 6.94. The van der Waals surface area contributed by atoms with Gasteiger partial charge in [0.05, 0.1) is 11.7 Å². The molecule has 2 aliphatic rings. The molecule has 1 saturated carbocycles. The average molecular weight is 389 g/mol. The first-order valence-electron chi connectivity index (χ1n) is 6.45. The molecule has 2 atom stereocenters. The molecule has 4 nitrogen and oxygen atoms in total. The third kappa shape index (κ3) is 2.58. The van der Waals surface area contributed by atoms with Crippen molar-refractivity contribution >= 4 is 37.8 Å². The maximum Gasteiger partial charge on any atom is 0.223 e. The van der Waals surface area contributed by atoms with Crippen LogP contribution in [0, 0.1) is 0 Å². The molecular weight excluding hydrogens is 374 g/mol. The van der Waals surface area contributed by atoms with E-state index in [0.717, 1.165) is 33.9 Å². The third-order valence-corrected chi connectivity index (χ3v) is 4.81. The lowest BCUT2D eigenvalue weighted by Crippen LogP contribution is -2.50. The minimum Gasteiger partial charge on any atom is -0.329 e. The zero-order chi connectivity index (χ0) is 13.6. The summed E-state index contributed by atoms with van der Waals surface area (Å²) in [5.74, 6) is 0.214. The highest BCUT2D eigenvalue weighted by atomic mass is 79.9. The van der Waals surface area contributed by atoms with E-state index in [4.69, 9.17) is 5.73 Å². The van der Waals surface area contributed by atoms with Crippen LogP contribution in [0.15, 0.2) is 21.2 Å². The quantitative estimate of drug-likeness (QED) is 0.847. The molecule has 3 rings (SSSR count). The fraction of sp³-hybridized carbons (Fsp3) is 0.538. The Morgan fingerprint density at radius 3 is 2.68 bits per heavy atom. The van der Waals surface area contributed by atoms with Crippen molar-refractivity contribution in [3.05, 3.63) is 26.9 Å². The Morgan fingerprint density at radius 1 is 1.32 bits per heavy atom. The minimum absolute atomic E-state index is 0.0386. The van der Waals surface area contributed by atoms with Crippen LogP contribution in [0.4, 0.5) is 0 Å². The van der Waals surface area contributed by atoms with E-state index >= 15 is 0 Å². The number of carbonyl (C=O) groups excluding carboxylic acids is 1. The summed E-state index contributed by atoms with van der Waals surface area (Å²) in [5, 5.41) is 0. The molecule has 0 bridgehead atoms. The monoisotopic (exact) mass is 387 g/mol. The number of halogens is 2. The van der Waals surface area contributed by atoms with Crippen LogP contribution in [0.5, 0.6) is 0 Å². The Kier molecular flexibility index (Phi) is 3.66. The van der Waals surface area contributed by atoms with Gasteiger partial charge in [-0.1, -0.05) is 0 Å². The topological polar surface area (TPSA) is 59.2 Å². The van der Waals surface area contributed by atoms with E-state index in [1.807, 2.05) is 11.0 Å². The second kappa shape index (κ2) is 5.14. The summed E-state index contributed by atoms with van der Waals surface area (Å²) in [6.45, 7) is 0. The Balaban J connectivity index is 2.00. The van der Waals surface area contributed by atoms with Gasteiger partial charge in [-0.05, 0) is 57.2 Å². The Morgan fingerprint density at radius 2 is 2.05 bits per heavy atom. The number of nitrogens with zero attached hydrogens (tertiary/aromatic N) is 2. The molecule has 1 amide bonds. The first-order chi connectivity index (χ1) is 9.08. The maximum absolute atomic E-state index is 12.2. The van der Waals surface area contributed by atoms with Crippen LogP contribution in [0.3, 0.4) is 0 Å². The van der Waals surface area contributed by atoms with E-state index in [0.29, 0.717) is 12.5 Å². The number of hydrogen-bond acceptors (Lipinski definition) is 3. The molecule has 2 N–H and O–H groups in total. The lowest BCUT2D eigenvalue weighted by molar-refractivity contribution is -0.138. The van der Waals surface area contributed by atoms with Gasteiger partial charge in [-0.3, -0.25) is 9.78 Å². The van der Waals surface area contributed by atoms with Gasteiger partial charge < -0.3 is 10.6 Å². The summed E-state index contributed by atoms with van der Waals surface area (Å²) in [5.41, 5.74) is 7.14. The van der Waals surface area contributed by atoms with Gasteiger partial charge in [0.25, 0.3) is 0 Å². The van der Waals surface area contributed by atoms with Crippen LogP contribution in [0.2, 0.25) is 0 Å². The normalized spacial score (nSPS) is 27.7. The largest absolute Gasteiger partial charge is 0.329 e. The summed E-state index contributed by atoms with van der Waals surface area (Å²) in [4.78, 5) is 18.6. The zero-order valence-corrected chi connectivity index (χ0v) is 13.5. The van der Waals surface area contributed by atoms with Crippen molar-refractivity contribution in [3.8, 4) is 0 Å². The number of piperidine rings is 1. The van der Waals surface area contributed by atoms with E-state index in [1.165, 1.54) is 0 Å². The van der Waals surface area contributed by atoms with Crippen LogP contribution >= 0.6 is 31.9 Å². The molecule has 2 fully saturated rings. The molecule has 1 aliphatic carbocycles. The Bertz CT molecular complexity index is 519. The van der Waals surface area contributed by atoms with Gasteiger partial charge >= 0.3 is 0 Å². The summed E-state index contributed by atoms with van der Waals surface area (Å²) in [7, 11) is 0. The van der Waals surface area contributed by atoms with Crippen molar-refractivity contribution in [1.82, 2.24) is 9.88 Å². The first kappa shape index (κ1) is 13.5. The third-order valence-electron chi connectivity index (χ3n) is 3.74. The fourth-order valence-electron chi connectivity index (χ4n) is 2.70. The van der Waals surface area contributed by atoms with Crippen LogP contribution in [-0.4, -0.2) is 27.9 Å². The van der Waals surface area contributed by atoms with Crippen molar-refractivity contribution in [2.45, 2.75) is 43.8 Å². The second-order valence-corrected chi connectivity index (χ2v) is 6.97. The predicted molar refractivity (Wildman–Crippen MR) is 79.5 cm³/mol. The van der Waals surface area contributed by atoms with Crippen LogP contribution in [-0.2, 0) is 4.79 Å². The maximum atomic E-state index is 12.2. The summed E-state index contributed by atoms with van der Waals surface area (Å²) in [6.07, 6.45) is 5.22. The number of likely N-dealkylation sites (tertiary alicyclic amines) is 1. The van der Waals surface area contributed by atoms with E-state index < -0.39 is 0 Å². The first-order valence-corrected chi connectivity index (χ1v) is 8.04. The van der Waals surface area contributed by atoms with Crippen LogP contribution < -0.4 is 5.73 Å². The predicted octanol–water partition coefficient (Wildman–Crippen LogP) is 2.76. The molecule has 1 saturated heterocycles. The van der Waals surface area contributed by atoms with Gasteiger partial charge in [0.1, 0.15) is 0 Å². The fourth-order valence-corrected chi connectivity index (χ4v) is 3.92. The number of carbonyl (C=O) groups is 1. The van der Waals surface area contributed by atoms with Gasteiger partial charge in [0, 0.05) is 33.6 Å². The van der Waals surface area contributed by atoms with Gasteiger partial charge in [-0.15, -0.1) is 0 Å². The molecule has 0 aromatic carbocycles. The smallest absolute Gasteiger partial charge is 0.223 e. The molecule has 19 heavy (non-hydrogen) atoms. The van der Waals surface area contributed by atoms with Gasteiger partial charge in [-0.2, -0.15) is 0 Å². The highest BCUT2D eigenvalue weighted by molar-refractivity contribution is 9.11. The standard InChI is InChI=1S/C13H15Br2N3O/c14-7-5-9(15)12(17-6-7)13-10(16)3-4-11(19)18(13)8-1-2-8/h5-6,8,10,13H,1-4,16H2. The average Bonchev–Trinajstić information content (AvgIpc) is 3.17. The number of nitrogens with two attached hydrogens (primary N) is 1. The molecule has 102 valence electrons. The minimum atomic E-state index is -0.101. The molecule has 2 heterocycles. The van der Waals surface area contributed by atoms with Gasteiger partial charge in [0.2, 0.25) is 5.91 Å². The lowest BCUT2D eigenvalue weighted by atomic mass is 9.93. The van der Waals surface area contributed by atoms with Crippen LogP contribution in [0.25, 0.3) is 0 Å². The Hall–Kier alpha value is -0.460. The second-order valence-electron chi connectivity index (χ2n) is 5.20. The number of aromatic nitrogens is 1. The van der Waals surface area contributed by atoms with Crippen LogP contribution in [0.1, 0.15) is 37.4 Å². The van der Waals surface area contributed by atoms with Crippen molar-refractivity contribution in [1.29, 1.82) is 0 Å². The number of amides is 1. The molecule has 2 unspecified atom stereocenters. The van der Waals surface area contributed by atoms with E-state index in [9.17, 15) is 4.79 Å². The highest BCUT2D eigenvalue weighted by Gasteiger charge is 2.44. The molecule has 0 radical (unpaired) electrons. The Labute approximate surface area is 129 Å². The molecule has 0 spiro atoms. The summed E-state index contributed by atoms with van der Waals surface area (Å²) in [6, 6.07) is 2.18. The molecular formula is C13H15Br2N3O. The SMILES string of the molecule is NC1CCC(=O)N(C2CC2)C1c1ncc(Br)cc1Br. The number of hydrogen-bond donors (Lipinski definition) is 1. The highest BCUT2D eigenvalue weighted by Crippen LogP contribution is 2.41. The lowest BCUT2D eigenvalue weighted by Gasteiger charge is -2.40. The van der Waals surface area contributed by atoms with Gasteiger partial charge in [0.15, 0.2) is 0 Å².